The zero-order valence-electron chi connectivity index (χ0n) is 13.3. The molecule has 1 aliphatic carbocycles. The molecule has 0 radical (unpaired) electrons. The van der Waals surface area contributed by atoms with Crippen LogP contribution in [0.15, 0.2) is 36.5 Å². The van der Waals surface area contributed by atoms with Crippen LogP contribution in [0.3, 0.4) is 0 Å². The summed E-state index contributed by atoms with van der Waals surface area (Å²) in [6.45, 7) is 0.714. The molecule has 1 aromatic carbocycles. The monoisotopic (exact) mass is 312 g/mol. The van der Waals surface area contributed by atoms with Crippen LogP contribution < -0.4 is 15.0 Å². The van der Waals surface area contributed by atoms with E-state index in [9.17, 15) is 4.79 Å². The average molecular weight is 312 g/mol. The van der Waals surface area contributed by atoms with Gasteiger partial charge in [-0.25, -0.2) is 4.98 Å². The lowest BCUT2D eigenvalue weighted by molar-refractivity contribution is 0.0963. The smallest absolute Gasteiger partial charge is 0.251 e. The quantitative estimate of drug-likeness (QED) is 0.884. The first-order valence-corrected chi connectivity index (χ1v) is 7.66. The molecule has 0 aliphatic heterocycles. The molecule has 6 nitrogen and oxygen atoms in total. The highest BCUT2D eigenvalue weighted by atomic mass is 16.5. The van der Waals surface area contributed by atoms with E-state index in [4.69, 9.17) is 4.74 Å². The van der Waals surface area contributed by atoms with Crippen LogP contribution in [-0.2, 0) is 6.54 Å². The highest BCUT2D eigenvalue weighted by molar-refractivity contribution is 5.93. The van der Waals surface area contributed by atoms with Gasteiger partial charge in [-0.1, -0.05) is 12.1 Å². The molecular formula is C17H20N4O2. The van der Waals surface area contributed by atoms with Gasteiger partial charge in [-0.15, -0.1) is 0 Å². The van der Waals surface area contributed by atoms with Crippen molar-refractivity contribution in [2.75, 3.05) is 19.1 Å². The van der Waals surface area contributed by atoms with E-state index in [1.807, 2.05) is 24.3 Å². The molecule has 1 saturated carbocycles. The van der Waals surface area contributed by atoms with Gasteiger partial charge >= 0.3 is 0 Å². The predicted molar refractivity (Wildman–Crippen MR) is 87.6 cm³/mol. The maximum Gasteiger partial charge on any atom is 0.251 e. The number of carbonyl (C=O) groups is 1. The number of nitrogens with zero attached hydrogens (tertiary/aromatic N) is 3. The normalized spacial score (nSPS) is 13.5. The maximum absolute atomic E-state index is 11.6. The molecule has 0 saturated heterocycles. The SMILES string of the molecule is CNC(=O)c1ccc(CN(c2nccc(OC)n2)C2CC2)cc1. The Morgan fingerprint density at radius 2 is 2.04 bits per heavy atom. The summed E-state index contributed by atoms with van der Waals surface area (Å²) in [6, 6.07) is 9.84. The van der Waals surface area contributed by atoms with Gasteiger partial charge in [0.15, 0.2) is 0 Å². The van der Waals surface area contributed by atoms with Crippen LogP contribution in [0, 0.1) is 0 Å². The number of anilines is 1. The summed E-state index contributed by atoms with van der Waals surface area (Å²) in [6.07, 6.45) is 4.01. The van der Waals surface area contributed by atoms with Crippen molar-refractivity contribution in [2.24, 2.45) is 0 Å². The van der Waals surface area contributed by atoms with Gasteiger partial charge in [0, 0.05) is 37.5 Å². The summed E-state index contributed by atoms with van der Waals surface area (Å²) in [4.78, 5) is 22.6. The van der Waals surface area contributed by atoms with Crippen molar-refractivity contribution in [1.29, 1.82) is 0 Å². The lowest BCUT2D eigenvalue weighted by atomic mass is 10.1. The van der Waals surface area contributed by atoms with Crippen LogP contribution in [-0.4, -0.2) is 36.1 Å². The molecule has 1 fully saturated rings. The summed E-state index contributed by atoms with van der Waals surface area (Å²) >= 11 is 0. The Balaban J connectivity index is 1.78. The molecule has 0 atom stereocenters. The number of benzene rings is 1. The van der Waals surface area contributed by atoms with Crippen molar-refractivity contribution in [3.63, 3.8) is 0 Å². The molecule has 23 heavy (non-hydrogen) atoms. The third-order valence-electron chi connectivity index (χ3n) is 3.87. The summed E-state index contributed by atoms with van der Waals surface area (Å²) in [7, 11) is 3.23. The number of amides is 1. The van der Waals surface area contributed by atoms with E-state index < -0.39 is 0 Å². The highest BCUT2D eigenvalue weighted by Crippen LogP contribution is 2.31. The first-order valence-electron chi connectivity index (χ1n) is 7.66. The van der Waals surface area contributed by atoms with Crippen LogP contribution >= 0.6 is 0 Å². The number of ether oxygens (including phenoxy) is 1. The number of carbonyl (C=O) groups excluding carboxylic acids is 1. The molecule has 120 valence electrons. The van der Waals surface area contributed by atoms with E-state index in [0.717, 1.165) is 18.4 Å². The minimum atomic E-state index is -0.0771. The largest absolute Gasteiger partial charge is 0.481 e. The van der Waals surface area contributed by atoms with E-state index in [-0.39, 0.29) is 5.91 Å². The molecule has 1 aromatic heterocycles. The molecule has 2 aromatic rings. The Bertz CT molecular complexity index is 683. The van der Waals surface area contributed by atoms with Gasteiger partial charge < -0.3 is 15.0 Å². The first-order chi connectivity index (χ1) is 11.2. The molecule has 1 heterocycles. The maximum atomic E-state index is 11.6. The Morgan fingerprint density at radius 3 is 2.65 bits per heavy atom. The summed E-state index contributed by atoms with van der Waals surface area (Å²) < 4.78 is 5.19. The Morgan fingerprint density at radius 1 is 1.30 bits per heavy atom. The molecule has 1 amide bonds. The number of aromatic nitrogens is 2. The van der Waals surface area contributed by atoms with Gasteiger partial charge in [0.25, 0.3) is 5.91 Å². The molecule has 3 rings (SSSR count). The fraction of sp³-hybridized carbons (Fsp3) is 0.353. The van der Waals surface area contributed by atoms with Crippen molar-refractivity contribution < 1.29 is 9.53 Å². The first kappa shape index (κ1) is 15.3. The van der Waals surface area contributed by atoms with Crippen molar-refractivity contribution in [2.45, 2.75) is 25.4 Å². The number of hydrogen-bond donors (Lipinski definition) is 1. The van der Waals surface area contributed by atoms with E-state index in [0.29, 0.717) is 30.0 Å². The fourth-order valence-corrected chi connectivity index (χ4v) is 2.44. The molecular weight excluding hydrogens is 292 g/mol. The number of methoxy groups -OCH3 is 1. The minimum Gasteiger partial charge on any atom is -0.481 e. The van der Waals surface area contributed by atoms with E-state index in [1.54, 1.807) is 26.4 Å². The van der Waals surface area contributed by atoms with Gasteiger partial charge in [0.05, 0.1) is 7.11 Å². The van der Waals surface area contributed by atoms with Gasteiger partial charge in [0.2, 0.25) is 11.8 Å². The van der Waals surface area contributed by atoms with Gasteiger partial charge in [-0.3, -0.25) is 4.79 Å². The zero-order chi connectivity index (χ0) is 16.2. The van der Waals surface area contributed by atoms with Crippen LogP contribution in [0.25, 0.3) is 0 Å². The third kappa shape index (κ3) is 3.59. The molecule has 1 N–H and O–H groups in total. The zero-order valence-corrected chi connectivity index (χ0v) is 13.3. The Hall–Kier alpha value is -2.63. The molecule has 0 unspecified atom stereocenters. The highest BCUT2D eigenvalue weighted by Gasteiger charge is 2.31. The Labute approximate surface area is 135 Å². The van der Waals surface area contributed by atoms with Crippen molar-refractivity contribution in [1.82, 2.24) is 15.3 Å². The average Bonchev–Trinajstić information content (AvgIpc) is 3.44. The number of nitrogens with one attached hydrogen (secondary N) is 1. The van der Waals surface area contributed by atoms with Crippen molar-refractivity contribution in [3.05, 3.63) is 47.7 Å². The lowest BCUT2D eigenvalue weighted by Gasteiger charge is -2.22. The predicted octanol–water partition coefficient (Wildman–Crippen LogP) is 2.01. The van der Waals surface area contributed by atoms with Crippen LogP contribution in [0.1, 0.15) is 28.8 Å². The topological polar surface area (TPSA) is 67.4 Å². The number of hydrogen-bond acceptors (Lipinski definition) is 5. The second-order valence-corrected chi connectivity index (χ2v) is 5.53. The van der Waals surface area contributed by atoms with Gasteiger partial charge in [-0.05, 0) is 30.5 Å². The molecule has 6 heteroatoms. The second kappa shape index (κ2) is 6.64. The fourth-order valence-electron chi connectivity index (χ4n) is 2.44. The summed E-state index contributed by atoms with van der Waals surface area (Å²) in [5, 5.41) is 2.62. The van der Waals surface area contributed by atoms with E-state index in [1.165, 1.54) is 0 Å². The third-order valence-corrected chi connectivity index (χ3v) is 3.87. The summed E-state index contributed by atoms with van der Waals surface area (Å²) in [5.74, 6) is 1.17. The van der Waals surface area contributed by atoms with Crippen molar-refractivity contribution in [3.8, 4) is 5.88 Å². The second-order valence-electron chi connectivity index (χ2n) is 5.53. The van der Waals surface area contributed by atoms with E-state index in [2.05, 4.69) is 20.2 Å². The van der Waals surface area contributed by atoms with Crippen LogP contribution in [0.4, 0.5) is 5.95 Å². The number of rotatable bonds is 6. The molecule has 0 spiro atoms. The molecule has 0 bridgehead atoms. The Kier molecular flexibility index (Phi) is 4.41. The van der Waals surface area contributed by atoms with Gasteiger partial charge in [-0.2, -0.15) is 4.98 Å². The summed E-state index contributed by atoms with van der Waals surface area (Å²) in [5.41, 5.74) is 1.78. The van der Waals surface area contributed by atoms with Crippen LogP contribution in [0.5, 0.6) is 5.88 Å². The molecule has 1 aliphatic rings. The van der Waals surface area contributed by atoms with Crippen LogP contribution in [0.2, 0.25) is 0 Å². The lowest BCUT2D eigenvalue weighted by Crippen LogP contribution is -2.27. The van der Waals surface area contributed by atoms with E-state index >= 15 is 0 Å². The van der Waals surface area contributed by atoms with Crippen molar-refractivity contribution >= 4 is 11.9 Å². The minimum absolute atomic E-state index is 0.0771. The van der Waals surface area contributed by atoms with Gasteiger partial charge in [0.1, 0.15) is 0 Å². The standard InChI is InChI=1S/C17H20N4O2/c1-18-16(22)13-5-3-12(4-6-13)11-21(14-7-8-14)17-19-10-9-15(20-17)23-2/h3-6,9-10,14H,7-8,11H2,1-2H3,(H,18,22).